The normalized spacial score (nSPS) is 12.6. The van der Waals surface area contributed by atoms with E-state index in [0.29, 0.717) is 18.9 Å². The second-order valence-corrected chi connectivity index (χ2v) is 11.7. The van der Waals surface area contributed by atoms with E-state index in [2.05, 4.69) is 35.6 Å². The Morgan fingerprint density at radius 1 is 0.875 bits per heavy atom. The molecule has 0 aromatic heterocycles. The summed E-state index contributed by atoms with van der Waals surface area (Å²) in [5.74, 6) is 2.46. The van der Waals surface area contributed by atoms with Crippen molar-refractivity contribution >= 4 is 23.4 Å². The highest BCUT2D eigenvalue weighted by Gasteiger charge is 2.15. The molecule has 0 bridgehead atoms. The zero-order valence-electron chi connectivity index (χ0n) is 25.0. The fourth-order valence-electron chi connectivity index (χ4n) is 5.09. The molecule has 5 nitrogen and oxygen atoms in total. The number of benzene rings is 2. The van der Waals surface area contributed by atoms with Gasteiger partial charge in [-0.1, -0.05) is 95.8 Å². The first kappa shape index (κ1) is 31.9. The smallest absolute Gasteiger partial charge is 0.224 e. The molecule has 40 heavy (non-hydrogen) atoms. The number of nitrogens with zero attached hydrogens (tertiary/aromatic N) is 2. The average molecular weight is 567 g/mol. The van der Waals surface area contributed by atoms with E-state index < -0.39 is 0 Å². The Hall–Kier alpha value is -2.60. The molecular weight excluding hydrogens is 516 g/mol. The first-order valence-corrected chi connectivity index (χ1v) is 16.3. The summed E-state index contributed by atoms with van der Waals surface area (Å²) in [6, 6.07) is 14.3. The number of carbonyl (C=O) groups is 1. The first-order chi connectivity index (χ1) is 19.6. The van der Waals surface area contributed by atoms with Crippen LogP contribution in [-0.4, -0.2) is 30.4 Å². The fraction of sp³-hybridized carbons (Fsp3) is 0.559. The molecule has 1 amide bonds. The van der Waals surface area contributed by atoms with Crippen LogP contribution in [0.2, 0.25) is 0 Å². The van der Waals surface area contributed by atoms with Gasteiger partial charge < -0.3 is 19.3 Å². The van der Waals surface area contributed by atoms with Crippen LogP contribution < -0.4 is 14.4 Å². The Kier molecular flexibility index (Phi) is 14.9. The Labute approximate surface area is 247 Å². The molecule has 1 aliphatic rings. The van der Waals surface area contributed by atoms with E-state index in [0.717, 1.165) is 35.8 Å². The molecule has 0 spiro atoms. The van der Waals surface area contributed by atoms with Crippen molar-refractivity contribution in [3.05, 3.63) is 65.2 Å². The molecule has 1 heterocycles. The number of rotatable bonds is 20. The molecule has 220 valence electrons. The lowest BCUT2D eigenvalue weighted by atomic mass is 10.1. The summed E-state index contributed by atoms with van der Waals surface area (Å²) in [5.41, 5.74) is 3.11. The lowest BCUT2D eigenvalue weighted by Crippen LogP contribution is -2.28. The van der Waals surface area contributed by atoms with Crippen molar-refractivity contribution in [1.82, 2.24) is 4.90 Å². The van der Waals surface area contributed by atoms with Crippen molar-refractivity contribution < 1.29 is 14.3 Å². The number of anilines is 1. The van der Waals surface area contributed by atoms with Gasteiger partial charge in [0.15, 0.2) is 11.5 Å². The van der Waals surface area contributed by atoms with E-state index in [9.17, 15) is 4.79 Å². The van der Waals surface area contributed by atoms with Crippen LogP contribution in [0, 0.1) is 0 Å². The molecule has 0 saturated carbocycles. The van der Waals surface area contributed by atoms with Gasteiger partial charge in [0.1, 0.15) is 0 Å². The minimum Gasteiger partial charge on any atom is -0.493 e. The van der Waals surface area contributed by atoms with E-state index in [1.807, 2.05) is 35.2 Å². The molecular formula is C34H50N2O3S. The van der Waals surface area contributed by atoms with Crippen LogP contribution >= 0.6 is 11.8 Å². The van der Waals surface area contributed by atoms with Crippen molar-refractivity contribution in [2.75, 3.05) is 24.5 Å². The topological polar surface area (TPSA) is 42.0 Å². The molecule has 0 radical (unpaired) electrons. The number of hydrogen-bond acceptors (Lipinski definition) is 5. The SMILES string of the molecule is CCCCCCCCCCCCCCOc1ccc(CN(C(C)=O)c2cccc(CN3C=CSC3)c2)cc1OC. The predicted octanol–water partition coefficient (Wildman–Crippen LogP) is 9.31. The molecule has 6 heteroatoms. The molecule has 2 aromatic rings. The van der Waals surface area contributed by atoms with Gasteiger partial charge in [-0.25, -0.2) is 0 Å². The zero-order chi connectivity index (χ0) is 28.4. The van der Waals surface area contributed by atoms with Crippen LogP contribution in [0.5, 0.6) is 11.5 Å². The number of hydrogen-bond donors (Lipinski definition) is 0. The maximum atomic E-state index is 12.6. The van der Waals surface area contributed by atoms with Gasteiger partial charge in [-0.3, -0.25) is 4.79 Å². The Balaban J connectivity index is 1.41. The van der Waals surface area contributed by atoms with E-state index in [1.165, 1.54) is 76.2 Å². The highest BCUT2D eigenvalue weighted by Crippen LogP contribution is 2.30. The minimum absolute atomic E-state index is 0.0139. The number of unbranched alkanes of at least 4 members (excludes halogenated alkanes) is 11. The summed E-state index contributed by atoms with van der Waals surface area (Å²) in [4.78, 5) is 16.7. The fourth-order valence-corrected chi connectivity index (χ4v) is 5.80. The molecule has 0 saturated heterocycles. The van der Waals surface area contributed by atoms with E-state index in [-0.39, 0.29) is 5.91 Å². The third-order valence-corrected chi connectivity index (χ3v) is 8.22. The summed E-state index contributed by atoms with van der Waals surface area (Å²) in [6.45, 7) is 5.91. The Morgan fingerprint density at radius 3 is 2.20 bits per heavy atom. The number of thioether (sulfide) groups is 1. The van der Waals surface area contributed by atoms with Gasteiger partial charge in [0.05, 0.1) is 26.1 Å². The predicted molar refractivity (Wildman–Crippen MR) is 170 cm³/mol. The summed E-state index contributed by atoms with van der Waals surface area (Å²) in [5, 5.41) is 2.12. The van der Waals surface area contributed by atoms with Crippen molar-refractivity contribution in [2.24, 2.45) is 0 Å². The van der Waals surface area contributed by atoms with E-state index in [1.54, 1.807) is 25.8 Å². The molecule has 0 atom stereocenters. The Bertz CT molecular complexity index is 1040. The number of carbonyl (C=O) groups excluding carboxylic acids is 1. The highest BCUT2D eigenvalue weighted by molar-refractivity contribution is 8.02. The second-order valence-electron chi connectivity index (χ2n) is 10.8. The van der Waals surface area contributed by atoms with Crippen LogP contribution in [0.3, 0.4) is 0 Å². The maximum absolute atomic E-state index is 12.6. The van der Waals surface area contributed by atoms with E-state index >= 15 is 0 Å². The minimum atomic E-state index is 0.0139. The van der Waals surface area contributed by atoms with Crippen molar-refractivity contribution in [3.8, 4) is 11.5 Å². The third kappa shape index (κ3) is 11.5. The summed E-state index contributed by atoms with van der Waals surface area (Å²) in [7, 11) is 1.67. The van der Waals surface area contributed by atoms with Gasteiger partial charge in [0, 0.05) is 25.4 Å². The number of ether oxygens (including phenoxy) is 2. The van der Waals surface area contributed by atoms with Crippen LogP contribution in [0.25, 0.3) is 0 Å². The van der Waals surface area contributed by atoms with Gasteiger partial charge in [-0.15, -0.1) is 11.8 Å². The largest absolute Gasteiger partial charge is 0.493 e. The standard InChI is InChI=1S/C34H50N2O3S/c1-4-5-6-7-8-9-10-11-12-13-14-15-22-39-33-20-19-31(25-34(33)38-3)27-36(29(2)37)32-18-16-17-30(24-32)26-35-21-23-40-28-35/h16-21,23-25H,4-15,22,26-28H2,1-3H3. The van der Waals surface area contributed by atoms with Crippen LogP contribution in [0.1, 0.15) is 102 Å². The summed E-state index contributed by atoms with van der Waals surface area (Å²) < 4.78 is 11.7. The molecule has 0 N–H and O–H groups in total. The van der Waals surface area contributed by atoms with Crippen molar-refractivity contribution in [1.29, 1.82) is 0 Å². The van der Waals surface area contributed by atoms with E-state index in [4.69, 9.17) is 9.47 Å². The lowest BCUT2D eigenvalue weighted by molar-refractivity contribution is -0.116. The monoisotopic (exact) mass is 566 g/mol. The third-order valence-electron chi connectivity index (χ3n) is 7.42. The van der Waals surface area contributed by atoms with Gasteiger partial charge in [-0.2, -0.15) is 0 Å². The first-order valence-electron chi connectivity index (χ1n) is 15.3. The highest BCUT2D eigenvalue weighted by atomic mass is 32.2. The average Bonchev–Trinajstić information content (AvgIpc) is 3.47. The van der Waals surface area contributed by atoms with Gasteiger partial charge in [0.2, 0.25) is 5.91 Å². The van der Waals surface area contributed by atoms with Crippen molar-refractivity contribution in [2.45, 2.75) is 104 Å². The van der Waals surface area contributed by atoms with Gasteiger partial charge >= 0.3 is 0 Å². The lowest BCUT2D eigenvalue weighted by Gasteiger charge is -2.23. The number of amides is 1. The molecule has 2 aromatic carbocycles. The molecule has 3 rings (SSSR count). The van der Waals surface area contributed by atoms with Crippen molar-refractivity contribution in [3.63, 3.8) is 0 Å². The molecule has 0 aliphatic carbocycles. The molecule has 0 fully saturated rings. The summed E-state index contributed by atoms with van der Waals surface area (Å²) >= 11 is 1.80. The maximum Gasteiger partial charge on any atom is 0.224 e. The van der Waals surface area contributed by atoms with Gasteiger partial charge in [0.25, 0.3) is 0 Å². The Morgan fingerprint density at radius 2 is 1.57 bits per heavy atom. The zero-order valence-corrected chi connectivity index (χ0v) is 25.9. The van der Waals surface area contributed by atoms with Crippen LogP contribution in [0.15, 0.2) is 54.1 Å². The van der Waals surface area contributed by atoms with Crippen LogP contribution in [-0.2, 0) is 17.9 Å². The molecule has 1 aliphatic heterocycles. The molecule has 0 unspecified atom stereocenters. The van der Waals surface area contributed by atoms with Crippen LogP contribution in [0.4, 0.5) is 5.69 Å². The summed E-state index contributed by atoms with van der Waals surface area (Å²) in [6.07, 6.45) is 18.1. The van der Waals surface area contributed by atoms with Gasteiger partial charge in [-0.05, 0) is 47.2 Å². The quantitative estimate of drug-likeness (QED) is 0.149. The second kappa shape index (κ2) is 18.7. The number of methoxy groups -OCH3 is 1.